The number of aryl methyl sites for hydroxylation is 1. The molecule has 0 aliphatic carbocycles. The summed E-state index contributed by atoms with van der Waals surface area (Å²) in [6, 6.07) is 6.55. The molecule has 1 rings (SSSR count). The Morgan fingerprint density at radius 1 is 1.38 bits per heavy atom. The van der Waals surface area contributed by atoms with Gasteiger partial charge in [-0.3, -0.25) is 0 Å². The number of benzene rings is 1. The Hall–Kier alpha value is -1.04. The van der Waals surface area contributed by atoms with Crippen LogP contribution in [0.25, 0.3) is 6.08 Å². The van der Waals surface area contributed by atoms with E-state index in [0.717, 1.165) is 5.92 Å². The van der Waals surface area contributed by atoms with Crippen molar-refractivity contribution in [1.82, 2.24) is 0 Å². The third-order valence-corrected chi connectivity index (χ3v) is 2.23. The molecule has 0 aromatic heterocycles. The van der Waals surface area contributed by atoms with E-state index >= 15 is 0 Å². The van der Waals surface area contributed by atoms with Gasteiger partial charge >= 0.3 is 0 Å². The average molecular weight is 174 g/mol. The van der Waals surface area contributed by atoms with E-state index in [4.69, 9.17) is 0 Å². The van der Waals surface area contributed by atoms with Gasteiger partial charge in [-0.2, -0.15) is 0 Å². The lowest BCUT2D eigenvalue weighted by Crippen LogP contribution is -1.96. The maximum atomic E-state index is 3.76. The van der Waals surface area contributed by atoms with Crippen LogP contribution >= 0.6 is 0 Å². The van der Waals surface area contributed by atoms with Gasteiger partial charge in [0.25, 0.3) is 0 Å². The topological polar surface area (TPSA) is 0 Å². The molecule has 0 N–H and O–H groups in total. The third-order valence-electron chi connectivity index (χ3n) is 2.23. The molecule has 1 aromatic carbocycles. The maximum absolute atomic E-state index is 3.76. The molecule has 0 radical (unpaired) electrons. The monoisotopic (exact) mass is 174 g/mol. The van der Waals surface area contributed by atoms with Crippen molar-refractivity contribution in [3.8, 4) is 0 Å². The molecule has 0 nitrogen and oxygen atoms in total. The van der Waals surface area contributed by atoms with Crippen molar-refractivity contribution in [2.24, 2.45) is 5.92 Å². The van der Waals surface area contributed by atoms with Gasteiger partial charge in [-0.15, -0.1) is 0 Å². The van der Waals surface area contributed by atoms with Gasteiger partial charge in [-0.25, -0.2) is 0 Å². The molecule has 0 amide bonds. The zero-order chi connectivity index (χ0) is 9.84. The normalized spacial score (nSPS) is 10.5. The second-order valence-corrected chi connectivity index (χ2v) is 3.99. The van der Waals surface area contributed by atoms with Gasteiger partial charge in [0.1, 0.15) is 0 Å². The maximum Gasteiger partial charge on any atom is -0.0253 e. The van der Waals surface area contributed by atoms with Crippen molar-refractivity contribution in [3.63, 3.8) is 0 Å². The molecule has 0 fully saturated rings. The summed E-state index contributed by atoms with van der Waals surface area (Å²) in [6.45, 7) is 10.4. The van der Waals surface area contributed by atoms with Crippen LogP contribution in [-0.2, 0) is 6.42 Å². The van der Waals surface area contributed by atoms with Gasteiger partial charge in [0.15, 0.2) is 0 Å². The van der Waals surface area contributed by atoms with Crippen molar-refractivity contribution in [3.05, 3.63) is 41.5 Å². The average Bonchev–Trinajstić information content (AvgIpc) is 2.08. The third kappa shape index (κ3) is 2.73. The second-order valence-electron chi connectivity index (χ2n) is 3.99. The van der Waals surface area contributed by atoms with Crippen LogP contribution in [0, 0.1) is 12.8 Å². The predicted molar refractivity (Wildman–Crippen MR) is 59.8 cm³/mol. The smallest absolute Gasteiger partial charge is 0.0253 e. The summed E-state index contributed by atoms with van der Waals surface area (Å²) in [7, 11) is 0. The summed E-state index contributed by atoms with van der Waals surface area (Å²) in [5.74, 6) is 0.730. The first kappa shape index (κ1) is 10.0. The Bertz CT molecular complexity index is 295. The van der Waals surface area contributed by atoms with Gasteiger partial charge in [0, 0.05) is 0 Å². The minimum atomic E-state index is 0.730. The largest absolute Gasteiger partial charge is 0.0985 e. The van der Waals surface area contributed by atoms with Crippen LogP contribution in [-0.4, -0.2) is 0 Å². The van der Waals surface area contributed by atoms with Crippen LogP contribution in [0.2, 0.25) is 0 Å². The van der Waals surface area contributed by atoms with E-state index in [2.05, 4.69) is 45.5 Å². The summed E-state index contributed by atoms with van der Waals surface area (Å²) < 4.78 is 0. The molecular formula is C13H18. The van der Waals surface area contributed by atoms with Crippen molar-refractivity contribution in [2.45, 2.75) is 27.2 Å². The first-order valence-electron chi connectivity index (χ1n) is 4.85. The minimum absolute atomic E-state index is 0.730. The molecule has 0 aliphatic rings. The Kier molecular flexibility index (Phi) is 3.30. The van der Waals surface area contributed by atoms with E-state index < -0.39 is 0 Å². The van der Waals surface area contributed by atoms with Gasteiger partial charge in [0.2, 0.25) is 0 Å². The first-order chi connectivity index (χ1) is 6.13. The summed E-state index contributed by atoms with van der Waals surface area (Å²) in [4.78, 5) is 0. The zero-order valence-corrected chi connectivity index (χ0v) is 8.80. The van der Waals surface area contributed by atoms with Crippen LogP contribution in [0.1, 0.15) is 30.5 Å². The van der Waals surface area contributed by atoms with Crippen molar-refractivity contribution >= 4 is 6.08 Å². The quantitative estimate of drug-likeness (QED) is 0.653. The van der Waals surface area contributed by atoms with Gasteiger partial charge in [-0.1, -0.05) is 44.7 Å². The SMILES string of the molecule is C=Cc1ccc(CC(C)C)c(C)c1. The van der Waals surface area contributed by atoms with Crippen molar-refractivity contribution < 1.29 is 0 Å². The molecule has 0 atom stereocenters. The molecule has 0 saturated heterocycles. The fourth-order valence-corrected chi connectivity index (χ4v) is 1.51. The predicted octanol–water partition coefficient (Wildman–Crippen LogP) is 3.84. The summed E-state index contributed by atoms with van der Waals surface area (Å²) >= 11 is 0. The first-order valence-corrected chi connectivity index (χ1v) is 4.85. The molecule has 0 heterocycles. The Balaban J connectivity index is 2.91. The molecule has 0 aliphatic heterocycles. The van der Waals surface area contributed by atoms with E-state index in [-0.39, 0.29) is 0 Å². The molecule has 0 saturated carbocycles. The highest BCUT2D eigenvalue weighted by molar-refractivity contribution is 5.49. The second kappa shape index (κ2) is 4.27. The lowest BCUT2D eigenvalue weighted by Gasteiger charge is -2.09. The highest BCUT2D eigenvalue weighted by Crippen LogP contribution is 2.15. The number of hydrogen-bond acceptors (Lipinski definition) is 0. The summed E-state index contributed by atoms with van der Waals surface area (Å²) in [6.07, 6.45) is 3.06. The van der Waals surface area contributed by atoms with E-state index in [1.807, 2.05) is 6.08 Å². The van der Waals surface area contributed by atoms with Gasteiger partial charge in [-0.05, 0) is 36.0 Å². The van der Waals surface area contributed by atoms with Gasteiger partial charge < -0.3 is 0 Å². The van der Waals surface area contributed by atoms with Crippen LogP contribution in [0.3, 0.4) is 0 Å². The lowest BCUT2D eigenvalue weighted by molar-refractivity contribution is 0.645. The Morgan fingerprint density at radius 3 is 2.54 bits per heavy atom. The van der Waals surface area contributed by atoms with Crippen LogP contribution in [0.15, 0.2) is 24.8 Å². The molecule has 0 bridgehead atoms. The minimum Gasteiger partial charge on any atom is -0.0985 e. The van der Waals surface area contributed by atoms with E-state index in [1.54, 1.807) is 0 Å². The fraction of sp³-hybridized carbons (Fsp3) is 0.385. The van der Waals surface area contributed by atoms with E-state index in [9.17, 15) is 0 Å². The van der Waals surface area contributed by atoms with Crippen molar-refractivity contribution in [2.75, 3.05) is 0 Å². The fourth-order valence-electron chi connectivity index (χ4n) is 1.51. The summed E-state index contributed by atoms with van der Waals surface area (Å²) in [5, 5.41) is 0. The van der Waals surface area contributed by atoms with Crippen LogP contribution in [0.4, 0.5) is 0 Å². The zero-order valence-electron chi connectivity index (χ0n) is 8.80. The lowest BCUT2D eigenvalue weighted by atomic mass is 9.97. The standard InChI is InChI=1S/C13H18/c1-5-12-6-7-13(8-10(2)3)11(4)9-12/h5-7,9-10H,1,8H2,2-4H3. The molecule has 13 heavy (non-hydrogen) atoms. The Labute approximate surface area is 81.3 Å². The molecule has 1 aromatic rings. The summed E-state index contributed by atoms with van der Waals surface area (Å²) in [5.41, 5.74) is 4.05. The highest BCUT2D eigenvalue weighted by Gasteiger charge is 2.01. The molecule has 0 unspecified atom stereocenters. The van der Waals surface area contributed by atoms with Crippen LogP contribution < -0.4 is 0 Å². The molecule has 0 heteroatoms. The number of rotatable bonds is 3. The van der Waals surface area contributed by atoms with Gasteiger partial charge in [0.05, 0.1) is 0 Å². The molecule has 70 valence electrons. The molecular weight excluding hydrogens is 156 g/mol. The van der Waals surface area contributed by atoms with E-state index in [1.165, 1.54) is 23.1 Å². The van der Waals surface area contributed by atoms with E-state index in [0.29, 0.717) is 0 Å². The van der Waals surface area contributed by atoms with Crippen molar-refractivity contribution in [1.29, 1.82) is 0 Å². The van der Waals surface area contributed by atoms with Crippen LogP contribution in [0.5, 0.6) is 0 Å². The molecule has 0 spiro atoms. The highest BCUT2D eigenvalue weighted by atomic mass is 14.1. The number of hydrogen-bond donors (Lipinski definition) is 0. The Morgan fingerprint density at radius 2 is 2.08 bits per heavy atom.